The number of halogens is 1. The number of piperazine rings is 1. The number of hydrogen-bond donors (Lipinski definition) is 1. The number of nitrogens with one attached hydrogen (secondary N) is 1. The molecule has 0 radical (unpaired) electrons. The molecule has 2 aromatic rings. The van der Waals surface area contributed by atoms with Gasteiger partial charge in [0.2, 0.25) is 11.7 Å². The molecule has 1 fully saturated rings. The maximum Gasteiger partial charge on any atom is 0.236 e. The van der Waals surface area contributed by atoms with Gasteiger partial charge in [-0.3, -0.25) is 14.1 Å². The SMILES string of the molecule is CN(CC(=O)N1CCNCC1)Cc1cn2cccnc2n1.Cl. The topological polar surface area (TPSA) is 65.8 Å². The number of aromatic nitrogens is 3. The highest BCUT2D eigenvalue weighted by atomic mass is 35.5. The minimum atomic E-state index is 0. The van der Waals surface area contributed by atoms with E-state index in [4.69, 9.17) is 0 Å². The molecule has 3 rings (SSSR count). The van der Waals surface area contributed by atoms with Crippen LogP contribution in [-0.2, 0) is 11.3 Å². The van der Waals surface area contributed by atoms with Gasteiger partial charge >= 0.3 is 0 Å². The zero-order valence-electron chi connectivity index (χ0n) is 12.6. The van der Waals surface area contributed by atoms with E-state index in [9.17, 15) is 4.79 Å². The lowest BCUT2D eigenvalue weighted by Gasteiger charge is -2.29. The average molecular weight is 325 g/mol. The van der Waals surface area contributed by atoms with E-state index in [0.29, 0.717) is 18.9 Å². The number of rotatable bonds is 4. The summed E-state index contributed by atoms with van der Waals surface area (Å²) in [4.78, 5) is 24.7. The molecule has 7 nitrogen and oxygen atoms in total. The predicted octanol–water partition coefficient (Wildman–Crippen LogP) is 0.0147. The average Bonchev–Trinajstić information content (AvgIpc) is 2.90. The van der Waals surface area contributed by atoms with Crippen molar-refractivity contribution in [2.75, 3.05) is 39.8 Å². The minimum Gasteiger partial charge on any atom is -0.339 e. The summed E-state index contributed by atoms with van der Waals surface area (Å²) in [6, 6.07) is 1.87. The molecule has 8 heteroatoms. The van der Waals surface area contributed by atoms with Crippen LogP contribution < -0.4 is 5.32 Å². The third kappa shape index (κ3) is 3.94. The number of fused-ring (bicyclic) bond motifs is 1. The molecule has 22 heavy (non-hydrogen) atoms. The van der Waals surface area contributed by atoms with E-state index in [1.54, 1.807) is 6.20 Å². The third-order valence-corrected chi connectivity index (χ3v) is 3.59. The van der Waals surface area contributed by atoms with Gasteiger partial charge in [-0.25, -0.2) is 9.97 Å². The van der Waals surface area contributed by atoms with Crippen LogP contribution in [-0.4, -0.2) is 69.8 Å². The molecule has 1 saturated heterocycles. The van der Waals surface area contributed by atoms with E-state index in [1.807, 2.05) is 39.7 Å². The number of carbonyl (C=O) groups excluding carboxylic acids is 1. The van der Waals surface area contributed by atoms with Crippen LogP contribution in [0.2, 0.25) is 0 Å². The van der Waals surface area contributed by atoms with Gasteiger partial charge in [0.05, 0.1) is 12.2 Å². The predicted molar refractivity (Wildman–Crippen MR) is 86.0 cm³/mol. The summed E-state index contributed by atoms with van der Waals surface area (Å²) in [6.45, 7) is 4.42. The molecule has 1 N–H and O–H groups in total. The number of hydrogen-bond acceptors (Lipinski definition) is 5. The Morgan fingerprint density at radius 2 is 2.18 bits per heavy atom. The largest absolute Gasteiger partial charge is 0.339 e. The van der Waals surface area contributed by atoms with Crippen LogP contribution in [0.15, 0.2) is 24.7 Å². The van der Waals surface area contributed by atoms with E-state index in [0.717, 1.165) is 31.9 Å². The lowest BCUT2D eigenvalue weighted by atomic mass is 10.3. The van der Waals surface area contributed by atoms with E-state index in [1.165, 1.54) is 0 Å². The van der Waals surface area contributed by atoms with Crippen molar-refractivity contribution >= 4 is 24.1 Å². The molecule has 2 aromatic heterocycles. The molecule has 0 atom stereocenters. The molecule has 3 heterocycles. The molecular formula is C14H21ClN6O. The summed E-state index contributed by atoms with van der Waals surface area (Å²) < 4.78 is 1.89. The van der Waals surface area contributed by atoms with Gasteiger partial charge in [-0.05, 0) is 13.1 Å². The van der Waals surface area contributed by atoms with Gasteiger partial charge in [0.1, 0.15) is 0 Å². The van der Waals surface area contributed by atoms with Gasteiger partial charge < -0.3 is 10.2 Å². The Morgan fingerprint density at radius 1 is 1.41 bits per heavy atom. The van der Waals surface area contributed by atoms with Crippen LogP contribution >= 0.6 is 12.4 Å². The van der Waals surface area contributed by atoms with Gasteiger partial charge in [-0.1, -0.05) is 0 Å². The standard InChI is InChI=1S/C14H20N6O.ClH/c1-18(11-13(21)19-7-4-15-5-8-19)9-12-10-20-6-2-3-16-14(20)17-12;/h2-3,6,10,15H,4-5,7-9,11H2,1H3;1H. The van der Waals surface area contributed by atoms with Gasteiger partial charge in [0.25, 0.3) is 0 Å². The Balaban J connectivity index is 0.00000176. The van der Waals surface area contributed by atoms with E-state index in [-0.39, 0.29) is 18.3 Å². The summed E-state index contributed by atoms with van der Waals surface area (Å²) >= 11 is 0. The van der Waals surface area contributed by atoms with Crippen molar-refractivity contribution in [1.29, 1.82) is 0 Å². The maximum absolute atomic E-state index is 12.2. The molecule has 0 aliphatic carbocycles. The first-order valence-electron chi connectivity index (χ1n) is 7.18. The highest BCUT2D eigenvalue weighted by Crippen LogP contribution is 2.05. The van der Waals surface area contributed by atoms with E-state index >= 15 is 0 Å². The summed E-state index contributed by atoms with van der Waals surface area (Å²) in [5, 5.41) is 3.25. The van der Waals surface area contributed by atoms with Crippen molar-refractivity contribution in [3.8, 4) is 0 Å². The number of carbonyl (C=O) groups is 1. The first kappa shape index (κ1) is 16.7. The van der Waals surface area contributed by atoms with Crippen LogP contribution in [0, 0.1) is 0 Å². The quantitative estimate of drug-likeness (QED) is 0.858. The fourth-order valence-corrected chi connectivity index (χ4v) is 2.53. The molecule has 1 aliphatic heterocycles. The summed E-state index contributed by atoms with van der Waals surface area (Å²) in [5.74, 6) is 0.871. The number of imidazole rings is 1. The molecule has 0 saturated carbocycles. The second-order valence-corrected chi connectivity index (χ2v) is 5.36. The van der Waals surface area contributed by atoms with Crippen molar-refractivity contribution in [2.45, 2.75) is 6.54 Å². The molecular weight excluding hydrogens is 304 g/mol. The highest BCUT2D eigenvalue weighted by molar-refractivity contribution is 5.85. The second kappa shape index (κ2) is 7.53. The van der Waals surface area contributed by atoms with Crippen LogP contribution in [0.4, 0.5) is 0 Å². The fraction of sp³-hybridized carbons (Fsp3) is 0.500. The Kier molecular flexibility index (Phi) is 5.70. The smallest absolute Gasteiger partial charge is 0.236 e. The molecule has 0 bridgehead atoms. The molecule has 0 spiro atoms. The van der Waals surface area contributed by atoms with Gasteiger partial charge in [-0.15, -0.1) is 12.4 Å². The van der Waals surface area contributed by atoms with Crippen molar-refractivity contribution in [1.82, 2.24) is 29.5 Å². The first-order chi connectivity index (χ1) is 10.2. The lowest BCUT2D eigenvalue weighted by molar-refractivity contribution is -0.132. The summed E-state index contributed by atoms with van der Waals surface area (Å²) in [6.07, 6.45) is 5.60. The fourth-order valence-electron chi connectivity index (χ4n) is 2.53. The van der Waals surface area contributed by atoms with E-state index in [2.05, 4.69) is 15.3 Å². The highest BCUT2D eigenvalue weighted by Gasteiger charge is 2.18. The van der Waals surface area contributed by atoms with Crippen LogP contribution in [0.3, 0.4) is 0 Å². The summed E-state index contributed by atoms with van der Waals surface area (Å²) in [7, 11) is 1.94. The van der Waals surface area contributed by atoms with E-state index < -0.39 is 0 Å². The maximum atomic E-state index is 12.2. The lowest BCUT2D eigenvalue weighted by Crippen LogP contribution is -2.49. The van der Waals surface area contributed by atoms with Crippen molar-refractivity contribution < 1.29 is 4.79 Å². The zero-order chi connectivity index (χ0) is 14.7. The molecule has 1 amide bonds. The van der Waals surface area contributed by atoms with Crippen molar-refractivity contribution in [3.05, 3.63) is 30.4 Å². The van der Waals surface area contributed by atoms with Gasteiger partial charge in [0.15, 0.2) is 0 Å². The van der Waals surface area contributed by atoms with Gasteiger partial charge in [0, 0.05) is 51.3 Å². The first-order valence-corrected chi connectivity index (χ1v) is 7.18. The van der Waals surface area contributed by atoms with Crippen LogP contribution in [0.25, 0.3) is 5.78 Å². The Bertz CT molecular complexity index is 592. The monoisotopic (exact) mass is 324 g/mol. The number of amides is 1. The zero-order valence-corrected chi connectivity index (χ0v) is 13.4. The Hall–Kier alpha value is -1.70. The molecule has 0 aromatic carbocycles. The number of likely N-dealkylation sites (N-methyl/N-ethyl adjacent to an activating group) is 1. The Labute approximate surface area is 135 Å². The molecule has 0 unspecified atom stereocenters. The van der Waals surface area contributed by atoms with Crippen molar-refractivity contribution in [2.24, 2.45) is 0 Å². The number of nitrogens with zero attached hydrogens (tertiary/aromatic N) is 5. The van der Waals surface area contributed by atoms with Gasteiger partial charge in [-0.2, -0.15) is 0 Å². The van der Waals surface area contributed by atoms with Crippen LogP contribution in [0.5, 0.6) is 0 Å². The minimum absolute atomic E-state index is 0. The molecule has 120 valence electrons. The summed E-state index contributed by atoms with van der Waals surface area (Å²) in [5.41, 5.74) is 0.921. The van der Waals surface area contributed by atoms with Crippen LogP contribution in [0.1, 0.15) is 5.69 Å². The Morgan fingerprint density at radius 3 is 2.91 bits per heavy atom. The van der Waals surface area contributed by atoms with Crippen molar-refractivity contribution in [3.63, 3.8) is 0 Å². The molecule has 1 aliphatic rings. The second-order valence-electron chi connectivity index (χ2n) is 5.36. The normalized spacial score (nSPS) is 15.1. The third-order valence-electron chi connectivity index (χ3n) is 3.59.